The lowest BCUT2D eigenvalue weighted by molar-refractivity contribution is -0.107. The first-order valence-corrected chi connectivity index (χ1v) is 8.61. The number of hydrogen-bond acceptors (Lipinski definition) is 3. The van der Waals surface area contributed by atoms with Gasteiger partial charge in [0.15, 0.2) is 0 Å². The zero-order chi connectivity index (χ0) is 17.3. The predicted octanol–water partition coefficient (Wildman–Crippen LogP) is 5.14. The average Bonchev–Trinajstić information content (AvgIpc) is 2.58. The number of rotatable bonds is 11. The highest BCUT2D eigenvalue weighted by Crippen LogP contribution is 2.13. The lowest BCUT2D eigenvalue weighted by atomic mass is 10.1. The van der Waals surface area contributed by atoms with Gasteiger partial charge in [0.1, 0.15) is 6.29 Å². The van der Waals surface area contributed by atoms with Crippen molar-refractivity contribution < 1.29 is 14.7 Å². The van der Waals surface area contributed by atoms with E-state index in [1.165, 1.54) is 44.9 Å². The van der Waals surface area contributed by atoms with Gasteiger partial charge in [-0.2, -0.15) is 0 Å². The van der Waals surface area contributed by atoms with E-state index >= 15 is 0 Å². The van der Waals surface area contributed by atoms with Crippen LogP contribution in [0, 0.1) is 0 Å². The van der Waals surface area contributed by atoms with Gasteiger partial charge in [-0.05, 0) is 18.6 Å². The van der Waals surface area contributed by atoms with E-state index in [1.807, 2.05) is 0 Å². The van der Waals surface area contributed by atoms with E-state index in [0.717, 1.165) is 19.1 Å². The van der Waals surface area contributed by atoms with E-state index < -0.39 is 5.97 Å². The highest BCUT2D eigenvalue weighted by Gasteiger charge is 2.05. The number of para-hydroxylation sites is 1. The first kappa shape index (κ1) is 21.2. The third-order valence-electron chi connectivity index (χ3n) is 3.60. The van der Waals surface area contributed by atoms with Crippen molar-refractivity contribution in [1.82, 2.24) is 0 Å². The maximum absolute atomic E-state index is 10.5. The minimum atomic E-state index is -0.907. The molecule has 0 radical (unpaired) electrons. The summed E-state index contributed by atoms with van der Waals surface area (Å²) in [6.45, 7) is 2.24. The van der Waals surface area contributed by atoms with Gasteiger partial charge in [0.25, 0.3) is 0 Å². The Kier molecular flexibility index (Phi) is 13.9. The summed E-state index contributed by atoms with van der Waals surface area (Å²) in [5.41, 5.74) is 0.940. The molecular formula is C19H31NO3. The number of carbonyl (C=O) groups is 2. The molecule has 0 fully saturated rings. The smallest absolute Gasteiger partial charge is 0.337 e. The maximum Gasteiger partial charge on any atom is 0.337 e. The SMILES string of the molecule is CCCCCCCCCCC=O.CNc1ccccc1C(=O)O. The molecule has 130 valence electrons. The molecule has 0 aliphatic heterocycles. The molecule has 0 unspecified atom stereocenters. The minimum Gasteiger partial charge on any atom is -0.478 e. The van der Waals surface area contributed by atoms with E-state index in [0.29, 0.717) is 11.3 Å². The van der Waals surface area contributed by atoms with Crippen LogP contribution in [0.25, 0.3) is 0 Å². The molecule has 4 nitrogen and oxygen atoms in total. The molecule has 4 heteroatoms. The molecule has 1 aromatic rings. The fourth-order valence-corrected chi connectivity index (χ4v) is 2.25. The molecule has 0 atom stereocenters. The molecule has 0 bridgehead atoms. The molecule has 1 aromatic carbocycles. The predicted molar refractivity (Wildman–Crippen MR) is 96.2 cm³/mol. The number of aldehydes is 1. The molecule has 0 heterocycles. The Balaban J connectivity index is 0.000000422. The van der Waals surface area contributed by atoms with Crippen LogP contribution in [0.1, 0.15) is 75.1 Å². The van der Waals surface area contributed by atoms with Crippen LogP contribution in [0.2, 0.25) is 0 Å². The van der Waals surface area contributed by atoms with E-state index in [-0.39, 0.29) is 0 Å². The molecule has 2 N–H and O–H groups in total. The Morgan fingerprint density at radius 2 is 1.61 bits per heavy atom. The molecule has 0 amide bonds. The van der Waals surface area contributed by atoms with E-state index in [2.05, 4.69) is 12.2 Å². The Hall–Kier alpha value is -1.84. The van der Waals surface area contributed by atoms with Gasteiger partial charge in [0.05, 0.1) is 5.56 Å². The number of carboxylic acids is 1. The van der Waals surface area contributed by atoms with Gasteiger partial charge >= 0.3 is 5.97 Å². The number of carboxylic acid groups (broad SMARTS) is 1. The fraction of sp³-hybridized carbons (Fsp3) is 0.579. The summed E-state index contributed by atoms with van der Waals surface area (Å²) in [6.07, 6.45) is 12.3. The van der Waals surface area contributed by atoms with E-state index in [9.17, 15) is 9.59 Å². The molecule has 0 aliphatic rings. The molecule has 0 saturated carbocycles. The van der Waals surface area contributed by atoms with Gasteiger partial charge < -0.3 is 15.2 Å². The summed E-state index contributed by atoms with van der Waals surface area (Å²) in [4.78, 5) is 20.5. The highest BCUT2D eigenvalue weighted by atomic mass is 16.4. The number of aromatic carboxylic acids is 1. The molecule has 23 heavy (non-hydrogen) atoms. The lowest BCUT2D eigenvalue weighted by Gasteiger charge is -2.02. The van der Waals surface area contributed by atoms with Gasteiger partial charge in [-0.3, -0.25) is 0 Å². The fourth-order valence-electron chi connectivity index (χ4n) is 2.25. The van der Waals surface area contributed by atoms with Crippen LogP contribution >= 0.6 is 0 Å². The van der Waals surface area contributed by atoms with Crippen LogP contribution in [0.4, 0.5) is 5.69 Å². The second-order valence-electron chi connectivity index (χ2n) is 5.53. The molecule has 0 aromatic heterocycles. The van der Waals surface area contributed by atoms with Crippen molar-refractivity contribution in [1.29, 1.82) is 0 Å². The van der Waals surface area contributed by atoms with Gasteiger partial charge in [-0.25, -0.2) is 4.79 Å². The van der Waals surface area contributed by atoms with Crippen LogP contribution in [0.15, 0.2) is 24.3 Å². The van der Waals surface area contributed by atoms with Crippen molar-refractivity contribution in [3.8, 4) is 0 Å². The van der Waals surface area contributed by atoms with Gasteiger partial charge in [0.2, 0.25) is 0 Å². The van der Waals surface area contributed by atoms with Gasteiger partial charge in [0, 0.05) is 19.2 Å². The standard InChI is InChI=1S/C11H22O.C8H9NO2/c1-2-3-4-5-6-7-8-9-10-11-12;1-9-7-5-3-2-4-6(7)8(10)11/h11H,2-10H2,1H3;2-5,9H,1H3,(H,10,11). The van der Waals surface area contributed by atoms with Crippen LogP contribution in [0.3, 0.4) is 0 Å². The molecule has 1 rings (SSSR count). The Morgan fingerprint density at radius 1 is 1.04 bits per heavy atom. The number of anilines is 1. The van der Waals surface area contributed by atoms with Crippen LogP contribution in [-0.2, 0) is 4.79 Å². The van der Waals surface area contributed by atoms with Gasteiger partial charge in [-0.15, -0.1) is 0 Å². The monoisotopic (exact) mass is 321 g/mol. The number of hydrogen-bond donors (Lipinski definition) is 2. The third kappa shape index (κ3) is 11.4. The minimum absolute atomic E-state index is 0.301. The third-order valence-corrected chi connectivity index (χ3v) is 3.60. The van der Waals surface area contributed by atoms with Crippen molar-refractivity contribution in [2.24, 2.45) is 0 Å². The first-order valence-electron chi connectivity index (χ1n) is 8.61. The van der Waals surface area contributed by atoms with Crippen molar-refractivity contribution in [3.05, 3.63) is 29.8 Å². The van der Waals surface area contributed by atoms with Crippen LogP contribution in [-0.4, -0.2) is 24.4 Å². The Bertz CT molecular complexity index is 432. The number of nitrogens with one attached hydrogen (secondary N) is 1. The molecule has 0 aliphatic carbocycles. The summed E-state index contributed by atoms with van der Waals surface area (Å²) < 4.78 is 0. The summed E-state index contributed by atoms with van der Waals surface area (Å²) in [7, 11) is 1.70. The van der Waals surface area contributed by atoms with Crippen LogP contribution < -0.4 is 5.32 Å². The van der Waals surface area contributed by atoms with E-state index in [1.54, 1.807) is 31.3 Å². The van der Waals surface area contributed by atoms with Crippen molar-refractivity contribution in [3.63, 3.8) is 0 Å². The van der Waals surface area contributed by atoms with Crippen LogP contribution in [0.5, 0.6) is 0 Å². The molecule has 0 saturated heterocycles. The number of benzene rings is 1. The Labute approximate surface area is 140 Å². The summed E-state index contributed by atoms with van der Waals surface area (Å²) in [5.74, 6) is -0.907. The van der Waals surface area contributed by atoms with E-state index in [4.69, 9.17) is 5.11 Å². The maximum atomic E-state index is 10.5. The average molecular weight is 321 g/mol. The molecule has 0 spiro atoms. The number of unbranched alkanes of at least 4 members (excludes halogenated alkanes) is 8. The summed E-state index contributed by atoms with van der Waals surface area (Å²) >= 11 is 0. The normalized spacial score (nSPS) is 9.65. The van der Waals surface area contributed by atoms with Crippen molar-refractivity contribution >= 4 is 17.9 Å². The lowest BCUT2D eigenvalue weighted by Crippen LogP contribution is -2.01. The largest absolute Gasteiger partial charge is 0.478 e. The van der Waals surface area contributed by atoms with Crippen molar-refractivity contribution in [2.75, 3.05) is 12.4 Å². The second-order valence-corrected chi connectivity index (χ2v) is 5.53. The number of carbonyl (C=O) groups excluding carboxylic acids is 1. The zero-order valence-corrected chi connectivity index (χ0v) is 14.5. The highest BCUT2D eigenvalue weighted by molar-refractivity contribution is 5.94. The summed E-state index contributed by atoms with van der Waals surface area (Å²) in [6, 6.07) is 6.78. The molecular weight excluding hydrogens is 290 g/mol. The van der Waals surface area contributed by atoms with Crippen molar-refractivity contribution in [2.45, 2.75) is 64.7 Å². The topological polar surface area (TPSA) is 66.4 Å². The second kappa shape index (κ2) is 15.1. The summed E-state index contributed by atoms with van der Waals surface area (Å²) in [5, 5.41) is 11.5. The quantitative estimate of drug-likeness (QED) is 0.437. The zero-order valence-electron chi connectivity index (χ0n) is 14.5. The Morgan fingerprint density at radius 3 is 2.09 bits per heavy atom. The van der Waals surface area contributed by atoms with Gasteiger partial charge in [-0.1, -0.05) is 64.0 Å². The first-order chi connectivity index (χ1) is 11.2.